The summed E-state index contributed by atoms with van der Waals surface area (Å²) in [7, 11) is 1.63. The number of aromatic amines is 1. The number of carbonyl (C=O) groups excluding carboxylic acids is 1. The van der Waals surface area contributed by atoms with Gasteiger partial charge in [-0.05, 0) is 53.8 Å². The van der Waals surface area contributed by atoms with Crippen LogP contribution in [0.25, 0.3) is 11.3 Å². The molecule has 1 aromatic heterocycles. The van der Waals surface area contributed by atoms with Gasteiger partial charge in [0.2, 0.25) is 11.1 Å². The molecule has 7 nitrogen and oxygen atoms in total. The first-order valence-electron chi connectivity index (χ1n) is 9.66. The van der Waals surface area contributed by atoms with E-state index in [0.717, 1.165) is 16.9 Å². The molecule has 1 aliphatic heterocycles. The molecule has 8 heteroatoms. The molecule has 1 amide bonds. The van der Waals surface area contributed by atoms with Gasteiger partial charge in [-0.1, -0.05) is 30.8 Å². The van der Waals surface area contributed by atoms with Crippen molar-refractivity contribution < 1.29 is 14.2 Å². The number of methoxy groups -OCH3 is 1. The van der Waals surface area contributed by atoms with Crippen LogP contribution in [-0.2, 0) is 4.79 Å². The Morgan fingerprint density at radius 1 is 1.30 bits per heavy atom. The minimum absolute atomic E-state index is 0.0492. The monoisotopic (exact) mass is 423 g/mol. The number of nitrogens with zero attached hydrogens (tertiary/aromatic N) is 3. The molecule has 2 heterocycles. The van der Waals surface area contributed by atoms with Crippen LogP contribution in [0.1, 0.15) is 30.6 Å². The van der Waals surface area contributed by atoms with Gasteiger partial charge in [-0.3, -0.25) is 14.6 Å². The molecule has 1 aliphatic rings. The Hall–Kier alpha value is -3.13. The Kier molecular flexibility index (Phi) is 5.34. The van der Waals surface area contributed by atoms with Gasteiger partial charge in [-0.25, -0.2) is 4.90 Å². The molecule has 1 N–H and O–H groups in total. The highest BCUT2D eigenvalue weighted by atomic mass is 32.2. The van der Waals surface area contributed by atoms with Crippen molar-refractivity contribution in [2.75, 3.05) is 18.3 Å². The number of nitrogens with one attached hydrogen (secondary N) is 1. The lowest BCUT2D eigenvalue weighted by atomic mass is 10.00. The molecular formula is C22H23N4O3S+. The summed E-state index contributed by atoms with van der Waals surface area (Å²) in [5.41, 5.74) is 3.37. The number of thioether (sulfide) groups is 1. The molecule has 2 aromatic carbocycles. The average molecular weight is 424 g/mol. The van der Waals surface area contributed by atoms with Crippen molar-refractivity contribution in [3.63, 3.8) is 0 Å². The molecule has 0 spiro atoms. The molecule has 3 aromatic rings. The van der Waals surface area contributed by atoms with Crippen LogP contribution in [0.5, 0.6) is 5.75 Å². The fourth-order valence-corrected chi connectivity index (χ4v) is 4.23. The van der Waals surface area contributed by atoms with Crippen LogP contribution in [0.15, 0.2) is 52.4 Å². The quantitative estimate of drug-likeness (QED) is 0.515. The molecule has 4 rings (SSSR count). The van der Waals surface area contributed by atoms with Gasteiger partial charge in [0.1, 0.15) is 5.75 Å². The van der Waals surface area contributed by atoms with Crippen molar-refractivity contribution in [3.05, 3.63) is 63.9 Å². The lowest BCUT2D eigenvalue weighted by Gasteiger charge is -2.32. The van der Waals surface area contributed by atoms with Crippen molar-refractivity contribution in [1.82, 2.24) is 10.1 Å². The third-order valence-corrected chi connectivity index (χ3v) is 5.81. The van der Waals surface area contributed by atoms with Crippen molar-refractivity contribution >= 4 is 23.4 Å². The number of anilines is 1. The maximum absolute atomic E-state index is 13.1. The second kappa shape index (κ2) is 7.95. The zero-order valence-corrected chi connectivity index (χ0v) is 18.1. The average Bonchev–Trinajstić information content (AvgIpc) is 2.77. The second-order valence-corrected chi connectivity index (χ2v) is 7.79. The summed E-state index contributed by atoms with van der Waals surface area (Å²) in [4.78, 5) is 30.8. The van der Waals surface area contributed by atoms with Crippen molar-refractivity contribution in [3.8, 4) is 17.0 Å². The summed E-state index contributed by atoms with van der Waals surface area (Å²) in [6, 6.07) is 13.2. The van der Waals surface area contributed by atoms with Gasteiger partial charge in [0, 0.05) is 17.1 Å². The third-order valence-electron chi connectivity index (χ3n) is 5.24. The minimum Gasteiger partial charge on any atom is -0.496 e. The zero-order chi connectivity index (χ0) is 21.4. The van der Waals surface area contributed by atoms with Crippen LogP contribution in [0.2, 0.25) is 0 Å². The molecule has 0 fully saturated rings. The predicted molar refractivity (Wildman–Crippen MR) is 116 cm³/mol. The lowest BCUT2D eigenvalue weighted by Crippen LogP contribution is -2.60. The topological polar surface area (TPSA) is 79.2 Å². The SMILES string of the molecule is CCC(=O)N1c2ccccc2-c2c(=O)[nH]c(SC)n[n+]2[C@@H]1c1ccc(OC)c(C)c1. The Morgan fingerprint density at radius 2 is 2.07 bits per heavy atom. The van der Waals surface area contributed by atoms with Gasteiger partial charge in [-0.15, -0.1) is 0 Å². The van der Waals surface area contributed by atoms with Crippen LogP contribution >= 0.6 is 11.8 Å². The molecule has 0 bridgehead atoms. The van der Waals surface area contributed by atoms with E-state index >= 15 is 0 Å². The van der Waals surface area contributed by atoms with Crippen molar-refractivity contribution in [2.24, 2.45) is 0 Å². The van der Waals surface area contributed by atoms with Crippen molar-refractivity contribution in [2.45, 2.75) is 31.6 Å². The number of fused-ring (bicyclic) bond motifs is 3. The fraction of sp³-hybridized carbons (Fsp3) is 0.273. The van der Waals surface area contributed by atoms with E-state index in [-0.39, 0.29) is 11.5 Å². The number of rotatable bonds is 4. The van der Waals surface area contributed by atoms with Gasteiger partial charge >= 0.3 is 11.3 Å². The number of hydrogen-bond donors (Lipinski definition) is 1. The van der Waals surface area contributed by atoms with E-state index in [1.807, 2.05) is 62.6 Å². The number of ether oxygens (including phenoxy) is 1. The normalized spacial score (nSPS) is 14.8. The van der Waals surface area contributed by atoms with Crippen LogP contribution in [0.3, 0.4) is 0 Å². The number of aryl methyl sites for hydroxylation is 1. The highest BCUT2D eigenvalue weighted by Gasteiger charge is 2.45. The van der Waals surface area contributed by atoms with Crippen molar-refractivity contribution in [1.29, 1.82) is 0 Å². The van der Waals surface area contributed by atoms with Gasteiger partial charge in [-0.2, -0.15) is 0 Å². The van der Waals surface area contributed by atoms with Gasteiger partial charge in [0.15, 0.2) is 0 Å². The first-order valence-corrected chi connectivity index (χ1v) is 10.9. The molecule has 154 valence electrons. The maximum Gasteiger partial charge on any atom is 0.325 e. The Labute approximate surface area is 178 Å². The van der Waals surface area contributed by atoms with E-state index < -0.39 is 6.17 Å². The number of aromatic nitrogens is 3. The molecule has 1 atom stereocenters. The number of hydrogen-bond acceptors (Lipinski definition) is 5. The van der Waals surface area contributed by atoms with Gasteiger partial charge in [0.05, 0.1) is 18.4 Å². The van der Waals surface area contributed by atoms with Crippen LogP contribution in [0, 0.1) is 6.92 Å². The maximum atomic E-state index is 13.1. The standard InChI is InChI=1S/C22H22N4O3S/c1-5-18(27)25-16-9-7-6-8-15(16)19-20(28)23-22(30-4)24-26(19)21(25)14-10-11-17(29-3)13(2)12-14/h6-12,21H,5H2,1-4H3/p+1/t21-/m1/s1. The smallest absolute Gasteiger partial charge is 0.325 e. The van der Waals surface area contributed by atoms with Crippen LogP contribution < -0.4 is 19.9 Å². The summed E-state index contributed by atoms with van der Waals surface area (Å²) in [6.45, 7) is 3.79. The summed E-state index contributed by atoms with van der Waals surface area (Å²) in [5, 5.41) is 5.18. The molecule has 30 heavy (non-hydrogen) atoms. The second-order valence-electron chi connectivity index (χ2n) is 6.99. The van der Waals surface area contributed by atoms with Crippen LogP contribution in [0.4, 0.5) is 5.69 Å². The molecule has 0 saturated carbocycles. The van der Waals surface area contributed by atoms with Gasteiger partial charge in [0.25, 0.3) is 6.17 Å². The first kappa shape index (κ1) is 20.2. The van der Waals surface area contributed by atoms with E-state index in [2.05, 4.69) is 10.1 Å². The van der Waals surface area contributed by atoms with E-state index in [0.29, 0.717) is 28.5 Å². The van der Waals surface area contributed by atoms with Gasteiger partial charge < -0.3 is 4.74 Å². The summed E-state index contributed by atoms with van der Waals surface area (Å²) < 4.78 is 7.07. The molecule has 0 radical (unpaired) electrons. The van der Waals surface area contributed by atoms with E-state index in [4.69, 9.17) is 4.74 Å². The Bertz CT molecular complexity index is 1190. The van der Waals surface area contributed by atoms with Crippen LogP contribution in [-0.4, -0.2) is 29.4 Å². The molecule has 0 unspecified atom stereocenters. The zero-order valence-electron chi connectivity index (χ0n) is 17.3. The third kappa shape index (κ3) is 3.17. The molecule has 0 aliphatic carbocycles. The Balaban J connectivity index is 2.07. The first-order chi connectivity index (χ1) is 14.5. The number of para-hydroxylation sites is 1. The van der Waals surface area contributed by atoms with E-state index in [9.17, 15) is 9.59 Å². The summed E-state index contributed by atoms with van der Waals surface area (Å²) in [6.07, 6.45) is 1.60. The number of H-pyrrole nitrogens is 1. The Morgan fingerprint density at radius 3 is 2.73 bits per heavy atom. The predicted octanol–water partition coefficient (Wildman–Crippen LogP) is 3.07. The number of benzene rings is 2. The summed E-state index contributed by atoms with van der Waals surface area (Å²) >= 11 is 1.35. The lowest BCUT2D eigenvalue weighted by molar-refractivity contribution is -0.763. The largest absolute Gasteiger partial charge is 0.496 e. The molecule has 0 saturated heterocycles. The minimum atomic E-state index is -0.583. The van der Waals surface area contributed by atoms with E-state index in [1.165, 1.54) is 11.8 Å². The fourth-order valence-electron chi connectivity index (χ4n) is 3.87. The number of amides is 1. The highest BCUT2D eigenvalue weighted by molar-refractivity contribution is 7.98. The molecular weight excluding hydrogens is 400 g/mol. The number of carbonyl (C=O) groups is 1. The summed E-state index contributed by atoms with van der Waals surface area (Å²) in [5.74, 6) is 0.712. The highest BCUT2D eigenvalue weighted by Crippen LogP contribution is 2.38. The van der Waals surface area contributed by atoms with E-state index in [1.54, 1.807) is 16.7 Å².